The monoisotopic (exact) mass is 450 g/mol. The lowest BCUT2D eigenvalue weighted by Gasteiger charge is -2.31. The number of carbonyl (C=O) groups excluding carboxylic acids is 2. The molecule has 0 radical (unpaired) electrons. The van der Waals surface area contributed by atoms with Gasteiger partial charge in [-0.05, 0) is 58.8 Å². The number of amides is 1. The zero-order valence-electron chi connectivity index (χ0n) is 19.5. The first kappa shape index (κ1) is 22.8. The Morgan fingerprint density at radius 1 is 1.09 bits per heavy atom. The van der Waals surface area contributed by atoms with Crippen LogP contribution in [-0.4, -0.2) is 61.8 Å². The summed E-state index contributed by atoms with van der Waals surface area (Å²) in [7, 11) is 1.87. The maximum atomic E-state index is 12.8. The van der Waals surface area contributed by atoms with Crippen LogP contribution < -0.4 is 5.32 Å². The van der Waals surface area contributed by atoms with Crippen molar-refractivity contribution in [2.45, 2.75) is 39.2 Å². The van der Waals surface area contributed by atoms with Gasteiger partial charge >= 0.3 is 5.97 Å². The average molecular weight is 451 g/mol. The van der Waals surface area contributed by atoms with E-state index in [4.69, 9.17) is 4.74 Å². The minimum absolute atomic E-state index is 0.0462. The first-order valence-electron chi connectivity index (χ1n) is 11.2. The van der Waals surface area contributed by atoms with Crippen LogP contribution in [0, 0.1) is 5.92 Å². The summed E-state index contributed by atoms with van der Waals surface area (Å²) in [5.74, 6) is 0.117. The summed E-state index contributed by atoms with van der Waals surface area (Å²) >= 11 is 0. The van der Waals surface area contributed by atoms with Gasteiger partial charge in [-0.3, -0.25) is 24.2 Å². The molecule has 1 N–H and O–H groups in total. The van der Waals surface area contributed by atoms with Crippen molar-refractivity contribution in [2.24, 2.45) is 13.0 Å². The van der Waals surface area contributed by atoms with Gasteiger partial charge in [0.25, 0.3) is 0 Å². The van der Waals surface area contributed by atoms with Gasteiger partial charge in [-0.2, -0.15) is 5.10 Å². The summed E-state index contributed by atoms with van der Waals surface area (Å²) in [5, 5.41) is 8.06. The predicted octanol–water partition coefficient (Wildman–Crippen LogP) is 3.02. The Kier molecular flexibility index (Phi) is 6.42. The number of hydrogen-bond donors (Lipinski definition) is 1. The standard InChI is InChI=1S/C24H30N6O3/c1-24(2,3)33-22(31)15-30-7-5-16(6-8-30)23(32)28-21-10-17-9-18(11-25-20(17)13-26-21)19-12-27-29(4)14-19/h9-14,16H,5-8,15H2,1-4H3,(H,26,28,32). The van der Waals surface area contributed by atoms with Gasteiger partial charge < -0.3 is 10.1 Å². The Morgan fingerprint density at radius 3 is 2.52 bits per heavy atom. The molecule has 33 heavy (non-hydrogen) atoms. The number of fused-ring (bicyclic) bond motifs is 1. The number of aromatic nitrogens is 4. The minimum atomic E-state index is -0.490. The molecule has 0 aromatic carbocycles. The van der Waals surface area contributed by atoms with Gasteiger partial charge in [0.2, 0.25) is 5.91 Å². The Hall–Kier alpha value is -3.33. The maximum absolute atomic E-state index is 12.8. The van der Waals surface area contributed by atoms with E-state index in [1.807, 2.05) is 51.0 Å². The van der Waals surface area contributed by atoms with E-state index >= 15 is 0 Å². The fraction of sp³-hybridized carbons (Fsp3) is 0.458. The van der Waals surface area contributed by atoms with Gasteiger partial charge in [0.1, 0.15) is 11.4 Å². The smallest absolute Gasteiger partial charge is 0.320 e. The molecule has 1 amide bonds. The topological polar surface area (TPSA) is 102 Å². The van der Waals surface area contributed by atoms with Crippen LogP contribution in [0.25, 0.3) is 22.0 Å². The summed E-state index contributed by atoms with van der Waals surface area (Å²) < 4.78 is 7.14. The summed E-state index contributed by atoms with van der Waals surface area (Å²) in [6.07, 6.45) is 8.57. The van der Waals surface area contributed by atoms with Crippen molar-refractivity contribution in [3.63, 3.8) is 0 Å². The van der Waals surface area contributed by atoms with Crippen molar-refractivity contribution in [2.75, 3.05) is 25.0 Å². The van der Waals surface area contributed by atoms with E-state index in [2.05, 4.69) is 20.4 Å². The van der Waals surface area contributed by atoms with Crippen molar-refractivity contribution >= 4 is 28.6 Å². The zero-order valence-corrected chi connectivity index (χ0v) is 19.5. The van der Waals surface area contributed by atoms with Gasteiger partial charge in [0.05, 0.1) is 24.5 Å². The molecule has 0 bridgehead atoms. The van der Waals surface area contributed by atoms with E-state index in [0.717, 1.165) is 22.0 Å². The number of nitrogens with one attached hydrogen (secondary N) is 1. The van der Waals surface area contributed by atoms with Crippen LogP contribution in [0.4, 0.5) is 5.82 Å². The molecule has 3 aromatic rings. The summed E-state index contributed by atoms with van der Waals surface area (Å²) in [6.45, 7) is 7.19. The number of hydrogen-bond acceptors (Lipinski definition) is 7. The molecule has 0 spiro atoms. The molecule has 0 atom stereocenters. The van der Waals surface area contributed by atoms with Crippen LogP contribution in [-0.2, 0) is 21.4 Å². The predicted molar refractivity (Wildman–Crippen MR) is 125 cm³/mol. The highest BCUT2D eigenvalue weighted by molar-refractivity contribution is 5.94. The summed E-state index contributed by atoms with van der Waals surface area (Å²) in [5.41, 5.74) is 2.20. The first-order chi connectivity index (χ1) is 15.7. The third kappa shape index (κ3) is 5.92. The molecular weight excluding hydrogens is 420 g/mol. The fourth-order valence-corrected chi connectivity index (χ4v) is 3.97. The normalized spacial score (nSPS) is 15.5. The number of anilines is 1. The van der Waals surface area contributed by atoms with Gasteiger partial charge in [-0.1, -0.05) is 0 Å². The number of aryl methyl sites for hydroxylation is 1. The summed E-state index contributed by atoms with van der Waals surface area (Å²) in [4.78, 5) is 35.7. The molecule has 174 valence electrons. The van der Waals surface area contributed by atoms with Gasteiger partial charge in [0.15, 0.2) is 0 Å². The second-order valence-corrected chi connectivity index (χ2v) is 9.52. The lowest BCUT2D eigenvalue weighted by Crippen LogP contribution is -2.42. The lowest BCUT2D eigenvalue weighted by atomic mass is 9.96. The molecule has 0 aliphatic carbocycles. The largest absolute Gasteiger partial charge is 0.459 e. The highest BCUT2D eigenvalue weighted by Gasteiger charge is 2.27. The van der Waals surface area contributed by atoms with Crippen LogP contribution in [0.3, 0.4) is 0 Å². The van der Waals surface area contributed by atoms with E-state index in [1.165, 1.54) is 0 Å². The molecule has 0 saturated carbocycles. The van der Waals surface area contributed by atoms with Crippen LogP contribution >= 0.6 is 0 Å². The van der Waals surface area contributed by atoms with Crippen LogP contribution in [0.15, 0.2) is 36.9 Å². The van der Waals surface area contributed by atoms with Crippen molar-refractivity contribution in [1.82, 2.24) is 24.6 Å². The van der Waals surface area contributed by atoms with Gasteiger partial charge in [0, 0.05) is 41.9 Å². The zero-order chi connectivity index (χ0) is 23.6. The maximum Gasteiger partial charge on any atom is 0.320 e. The third-order valence-corrected chi connectivity index (χ3v) is 5.59. The highest BCUT2D eigenvalue weighted by atomic mass is 16.6. The number of esters is 1. The molecule has 4 heterocycles. The van der Waals surface area contributed by atoms with Crippen molar-refractivity contribution in [1.29, 1.82) is 0 Å². The second-order valence-electron chi connectivity index (χ2n) is 9.52. The highest BCUT2D eigenvalue weighted by Crippen LogP contribution is 2.24. The molecule has 1 saturated heterocycles. The van der Waals surface area contributed by atoms with Crippen molar-refractivity contribution in [3.8, 4) is 11.1 Å². The van der Waals surface area contributed by atoms with E-state index in [-0.39, 0.29) is 24.3 Å². The minimum Gasteiger partial charge on any atom is -0.459 e. The van der Waals surface area contributed by atoms with Gasteiger partial charge in [-0.15, -0.1) is 0 Å². The molecule has 0 unspecified atom stereocenters. The van der Waals surface area contributed by atoms with E-state index in [0.29, 0.717) is 31.7 Å². The number of carbonyl (C=O) groups is 2. The van der Waals surface area contributed by atoms with E-state index in [1.54, 1.807) is 23.3 Å². The molecule has 3 aromatic heterocycles. The number of pyridine rings is 2. The van der Waals surface area contributed by atoms with Crippen molar-refractivity contribution in [3.05, 3.63) is 36.9 Å². The lowest BCUT2D eigenvalue weighted by molar-refractivity contribution is -0.156. The third-order valence-electron chi connectivity index (χ3n) is 5.59. The Labute approximate surface area is 193 Å². The Balaban J connectivity index is 1.35. The Morgan fingerprint density at radius 2 is 1.85 bits per heavy atom. The molecule has 4 rings (SSSR count). The number of rotatable bonds is 5. The number of nitrogens with zero attached hydrogens (tertiary/aromatic N) is 5. The number of likely N-dealkylation sites (tertiary alicyclic amines) is 1. The number of ether oxygens (including phenoxy) is 1. The average Bonchev–Trinajstić information content (AvgIpc) is 3.18. The van der Waals surface area contributed by atoms with Gasteiger partial charge in [-0.25, -0.2) is 4.98 Å². The SMILES string of the molecule is Cn1cc(-c2cnc3cnc(NC(=O)C4CCN(CC(=O)OC(C)(C)C)CC4)cc3c2)cn1. The number of piperidine rings is 1. The quantitative estimate of drug-likeness (QED) is 0.596. The fourth-order valence-electron chi connectivity index (χ4n) is 3.97. The molecule has 1 aliphatic heterocycles. The second kappa shape index (κ2) is 9.27. The van der Waals surface area contributed by atoms with Crippen LogP contribution in [0.5, 0.6) is 0 Å². The van der Waals surface area contributed by atoms with E-state index < -0.39 is 5.60 Å². The summed E-state index contributed by atoms with van der Waals surface area (Å²) in [6, 6.07) is 3.86. The van der Waals surface area contributed by atoms with Crippen molar-refractivity contribution < 1.29 is 14.3 Å². The first-order valence-corrected chi connectivity index (χ1v) is 11.2. The molecule has 9 nitrogen and oxygen atoms in total. The molecular formula is C24H30N6O3. The molecule has 1 aliphatic rings. The van der Waals surface area contributed by atoms with Crippen LogP contribution in [0.2, 0.25) is 0 Å². The van der Waals surface area contributed by atoms with E-state index in [9.17, 15) is 9.59 Å². The molecule has 9 heteroatoms. The molecule has 1 fully saturated rings. The van der Waals surface area contributed by atoms with Crippen LogP contribution in [0.1, 0.15) is 33.6 Å². The Bertz CT molecular complexity index is 1160.